The Morgan fingerprint density at radius 1 is 1.38 bits per heavy atom. The minimum atomic E-state index is 0.0252. The minimum Gasteiger partial charge on any atom is -0.364 e. The van der Waals surface area contributed by atoms with E-state index in [9.17, 15) is 4.79 Å². The molecule has 1 aromatic carbocycles. The molecule has 1 aromatic heterocycles. The third-order valence-corrected chi connectivity index (χ3v) is 5.00. The zero-order chi connectivity index (χ0) is 14.3. The van der Waals surface area contributed by atoms with Gasteiger partial charge in [0.25, 0.3) is 0 Å². The summed E-state index contributed by atoms with van der Waals surface area (Å²) >= 11 is 0. The van der Waals surface area contributed by atoms with E-state index in [1.807, 2.05) is 0 Å². The fourth-order valence-electron chi connectivity index (χ4n) is 3.79. The van der Waals surface area contributed by atoms with Crippen LogP contribution in [0.2, 0.25) is 0 Å². The summed E-state index contributed by atoms with van der Waals surface area (Å²) in [6, 6.07) is 10.5. The number of aryl methyl sites for hydroxylation is 1. The molecule has 4 rings (SSSR count). The molecule has 21 heavy (non-hydrogen) atoms. The Morgan fingerprint density at radius 3 is 3.14 bits per heavy atom. The molecule has 0 saturated heterocycles. The Kier molecular flexibility index (Phi) is 2.84. The number of aromatic nitrogens is 1. The van der Waals surface area contributed by atoms with Crippen LogP contribution in [0.5, 0.6) is 0 Å². The highest BCUT2D eigenvalue weighted by molar-refractivity contribution is 5.78. The highest BCUT2D eigenvalue weighted by Gasteiger charge is 2.57. The molecule has 4 nitrogen and oxygen atoms in total. The molecule has 1 N–H and O–H groups in total. The van der Waals surface area contributed by atoms with E-state index >= 15 is 0 Å². The van der Waals surface area contributed by atoms with E-state index in [-0.39, 0.29) is 5.91 Å². The van der Waals surface area contributed by atoms with E-state index in [0.717, 1.165) is 6.54 Å². The van der Waals surface area contributed by atoms with Gasteiger partial charge in [-0.2, -0.15) is 0 Å². The SMILES string of the molecule is O=C(Cc1ccon1)NC[C@H]1C[C@]12CCc1ccccc12. The second-order valence-electron chi connectivity index (χ2n) is 6.19. The Labute approximate surface area is 123 Å². The van der Waals surface area contributed by atoms with Crippen molar-refractivity contribution in [1.29, 1.82) is 0 Å². The van der Waals surface area contributed by atoms with Gasteiger partial charge < -0.3 is 9.84 Å². The van der Waals surface area contributed by atoms with Crippen LogP contribution in [0.3, 0.4) is 0 Å². The van der Waals surface area contributed by atoms with Gasteiger partial charge >= 0.3 is 0 Å². The second kappa shape index (κ2) is 4.72. The van der Waals surface area contributed by atoms with Crippen LogP contribution in [0.4, 0.5) is 0 Å². The van der Waals surface area contributed by atoms with Gasteiger partial charge in [0.05, 0.1) is 12.1 Å². The maximum absolute atomic E-state index is 11.9. The molecule has 4 heteroatoms. The van der Waals surface area contributed by atoms with E-state index in [2.05, 4.69) is 34.7 Å². The third-order valence-electron chi connectivity index (χ3n) is 5.00. The summed E-state index contributed by atoms with van der Waals surface area (Å²) < 4.78 is 4.74. The van der Waals surface area contributed by atoms with Gasteiger partial charge in [0, 0.05) is 18.0 Å². The standard InChI is InChI=1S/C17H18N2O2/c20-16(9-14-6-8-21-19-14)18-11-13-10-17(13)7-5-12-3-1-2-4-15(12)17/h1-4,6,8,13H,5,7,9-11H2,(H,18,20)/t13-,17-/m1/s1. The number of rotatable bonds is 4. The number of fused-ring (bicyclic) bond motifs is 2. The average molecular weight is 282 g/mol. The first-order chi connectivity index (χ1) is 10.3. The van der Waals surface area contributed by atoms with Gasteiger partial charge in [-0.25, -0.2) is 0 Å². The van der Waals surface area contributed by atoms with E-state index in [0.29, 0.717) is 23.4 Å². The van der Waals surface area contributed by atoms with Crippen molar-refractivity contribution in [3.05, 3.63) is 53.4 Å². The number of hydrogen-bond donors (Lipinski definition) is 1. The maximum Gasteiger partial charge on any atom is 0.226 e. The molecule has 1 amide bonds. The number of hydrogen-bond acceptors (Lipinski definition) is 3. The number of carbonyl (C=O) groups is 1. The molecule has 1 saturated carbocycles. The second-order valence-corrected chi connectivity index (χ2v) is 6.19. The van der Waals surface area contributed by atoms with Crippen molar-refractivity contribution < 1.29 is 9.32 Å². The van der Waals surface area contributed by atoms with Crippen molar-refractivity contribution >= 4 is 5.91 Å². The number of amides is 1. The quantitative estimate of drug-likeness (QED) is 0.935. The van der Waals surface area contributed by atoms with Crippen molar-refractivity contribution in [1.82, 2.24) is 10.5 Å². The summed E-state index contributed by atoms with van der Waals surface area (Å²) in [5.41, 5.74) is 4.04. The molecule has 2 aliphatic rings. The lowest BCUT2D eigenvalue weighted by Crippen LogP contribution is -2.29. The van der Waals surface area contributed by atoms with Crippen molar-refractivity contribution in [2.45, 2.75) is 31.1 Å². The van der Waals surface area contributed by atoms with Crippen LogP contribution in [0.15, 0.2) is 41.1 Å². The first kappa shape index (κ1) is 12.6. The zero-order valence-electron chi connectivity index (χ0n) is 11.8. The van der Waals surface area contributed by atoms with Gasteiger partial charge in [0.2, 0.25) is 5.91 Å². The molecular formula is C17H18N2O2. The average Bonchev–Trinajstić information content (AvgIpc) is 2.83. The van der Waals surface area contributed by atoms with Crippen LogP contribution in [-0.2, 0) is 23.1 Å². The number of carbonyl (C=O) groups excluding carboxylic acids is 1. The van der Waals surface area contributed by atoms with Crippen molar-refractivity contribution in [3.8, 4) is 0 Å². The van der Waals surface area contributed by atoms with Crippen LogP contribution in [0.1, 0.15) is 29.7 Å². The van der Waals surface area contributed by atoms with Gasteiger partial charge in [-0.15, -0.1) is 0 Å². The number of nitrogens with zero attached hydrogens (tertiary/aromatic N) is 1. The maximum atomic E-state index is 11.9. The van der Waals surface area contributed by atoms with Gasteiger partial charge in [0.1, 0.15) is 6.26 Å². The Balaban J connectivity index is 1.35. The van der Waals surface area contributed by atoms with Gasteiger partial charge in [-0.3, -0.25) is 4.79 Å². The van der Waals surface area contributed by atoms with Crippen molar-refractivity contribution in [2.24, 2.45) is 5.92 Å². The smallest absolute Gasteiger partial charge is 0.226 e. The Hall–Kier alpha value is -2.10. The lowest BCUT2D eigenvalue weighted by atomic mass is 9.95. The van der Waals surface area contributed by atoms with Crippen LogP contribution >= 0.6 is 0 Å². The Bertz CT molecular complexity index is 665. The molecule has 0 unspecified atom stereocenters. The predicted octanol–water partition coefficient (Wildman–Crippen LogP) is 2.24. The highest BCUT2D eigenvalue weighted by Crippen LogP contribution is 2.61. The van der Waals surface area contributed by atoms with Crippen LogP contribution < -0.4 is 5.32 Å². The van der Waals surface area contributed by atoms with Crippen LogP contribution in [0.25, 0.3) is 0 Å². The van der Waals surface area contributed by atoms with E-state index in [1.165, 1.54) is 36.7 Å². The summed E-state index contributed by atoms with van der Waals surface area (Å²) in [6.45, 7) is 0.769. The summed E-state index contributed by atoms with van der Waals surface area (Å²) in [7, 11) is 0. The lowest BCUT2D eigenvalue weighted by molar-refractivity contribution is -0.120. The zero-order valence-corrected chi connectivity index (χ0v) is 11.8. The topological polar surface area (TPSA) is 55.1 Å². The van der Waals surface area contributed by atoms with Crippen LogP contribution in [-0.4, -0.2) is 17.6 Å². The van der Waals surface area contributed by atoms with E-state index in [4.69, 9.17) is 4.52 Å². The largest absolute Gasteiger partial charge is 0.364 e. The summed E-state index contributed by atoms with van der Waals surface area (Å²) in [5.74, 6) is 0.611. The van der Waals surface area contributed by atoms with Gasteiger partial charge in [0.15, 0.2) is 0 Å². The molecule has 108 valence electrons. The fraction of sp³-hybridized carbons (Fsp3) is 0.412. The molecule has 2 atom stereocenters. The molecule has 2 aliphatic carbocycles. The molecule has 2 aromatic rings. The molecule has 0 bridgehead atoms. The van der Waals surface area contributed by atoms with E-state index < -0.39 is 0 Å². The number of nitrogens with one attached hydrogen (secondary N) is 1. The van der Waals surface area contributed by atoms with Gasteiger partial charge in [-0.05, 0) is 36.3 Å². The van der Waals surface area contributed by atoms with Gasteiger partial charge in [-0.1, -0.05) is 29.4 Å². The van der Waals surface area contributed by atoms with Crippen molar-refractivity contribution in [2.75, 3.05) is 6.54 Å². The fourth-order valence-corrected chi connectivity index (χ4v) is 3.79. The van der Waals surface area contributed by atoms with E-state index in [1.54, 1.807) is 6.07 Å². The van der Waals surface area contributed by atoms with Crippen molar-refractivity contribution in [3.63, 3.8) is 0 Å². The monoisotopic (exact) mass is 282 g/mol. The molecule has 1 heterocycles. The minimum absolute atomic E-state index is 0.0252. The highest BCUT2D eigenvalue weighted by atomic mass is 16.5. The lowest BCUT2D eigenvalue weighted by Gasteiger charge is -2.12. The first-order valence-electron chi connectivity index (χ1n) is 7.52. The summed E-state index contributed by atoms with van der Waals surface area (Å²) in [6.07, 6.45) is 5.41. The molecule has 1 spiro atoms. The summed E-state index contributed by atoms with van der Waals surface area (Å²) in [4.78, 5) is 11.9. The third kappa shape index (κ3) is 2.15. The summed E-state index contributed by atoms with van der Waals surface area (Å²) in [5, 5.41) is 6.81. The molecule has 0 radical (unpaired) electrons. The molecular weight excluding hydrogens is 264 g/mol. The molecule has 1 fully saturated rings. The van der Waals surface area contributed by atoms with Crippen LogP contribution in [0, 0.1) is 5.92 Å². The number of benzene rings is 1. The first-order valence-corrected chi connectivity index (χ1v) is 7.52. The Morgan fingerprint density at radius 2 is 2.29 bits per heavy atom. The predicted molar refractivity (Wildman–Crippen MR) is 77.8 cm³/mol. The molecule has 0 aliphatic heterocycles. The normalized spacial score (nSPS) is 25.8.